The van der Waals surface area contributed by atoms with Gasteiger partial charge in [0, 0.05) is 12.7 Å². The molecule has 1 N–H and O–H groups in total. The van der Waals surface area contributed by atoms with E-state index in [9.17, 15) is 8.42 Å². The van der Waals surface area contributed by atoms with Crippen molar-refractivity contribution in [3.63, 3.8) is 0 Å². The third kappa shape index (κ3) is 4.22. The number of nitrogens with one attached hydrogen (secondary N) is 1. The third-order valence-electron chi connectivity index (χ3n) is 4.27. The minimum absolute atomic E-state index is 0.196. The Balaban J connectivity index is 1.66. The lowest BCUT2D eigenvalue weighted by molar-refractivity contribution is 0.581. The summed E-state index contributed by atoms with van der Waals surface area (Å²) < 4.78 is 30.4. The highest BCUT2D eigenvalue weighted by atomic mass is 32.2. The molecular weight excluding hydrogens is 390 g/mol. The molecule has 0 aliphatic heterocycles. The third-order valence-corrected chi connectivity index (χ3v) is 6.55. The molecule has 5 nitrogen and oxygen atoms in total. The highest BCUT2D eigenvalue weighted by Gasteiger charge is 2.24. The van der Waals surface area contributed by atoms with Crippen molar-refractivity contribution in [2.45, 2.75) is 18.0 Å². The van der Waals surface area contributed by atoms with Crippen molar-refractivity contribution in [1.29, 1.82) is 0 Å². The van der Waals surface area contributed by atoms with Crippen LogP contribution in [-0.4, -0.2) is 18.2 Å². The molecule has 142 valence electrons. The van der Waals surface area contributed by atoms with Crippen LogP contribution in [0.2, 0.25) is 0 Å². The predicted molar refractivity (Wildman–Crippen MR) is 112 cm³/mol. The van der Waals surface area contributed by atoms with E-state index in [4.69, 9.17) is 0 Å². The first kappa shape index (κ1) is 18.6. The van der Waals surface area contributed by atoms with Crippen LogP contribution in [0.25, 0.3) is 10.6 Å². The standard InChI is InChI=1S/C21H19N3O2S2/c25-28(26,22-14-17-8-3-1-4-9-17)20-16-24(15-18-10-5-2-6-11-18)23-21(20)19-12-7-13-27-19/h1-13,16,22H,14-15H2. The quantitative estimate of drug-likeness (QED) is 0.499. The fraction of sp³-hybridized carbons (Fsp3) is 0.0952. The van der Waals surface area contributed by atoms with Crippen LogP contribution in [0.3, 0.4) is 0 Å². The Hall–Kier alpha value is -2.74. The highest BCUT2D eigenvalue weighted by Crippen LogP contribution is 2.30. The summed E-state index contributed by atoms with van der Waals surface area (Å²) in [6, 6.07) is 23.1. The summed E-state index contributed by atoms with van der Waals surface area (Å²) in [4.78, 5) is 1.02. The first-order valence-electron chi connectivity index (χ1n) is 8.81. The molecule has 7 heteroatoms. The van der Waals surface area contributed by atoms with Crippen LogP contribution in [0.5, 0.6) is 0 Å². The maximum absolute atomic E-state index is 13.0. The van der Waals surface area contributed by atoms with Crippen molar-refractivity contribution in [1.82, 2.24) is 14.5 Å². The summed E-state index contributed by atoms with van der Waals surface area (Å²) in [5, 5.41) is 6.49. The van der Waals surface area contributed by atoms with Gasteiger partial charge in [0.15, 0.2) is 0 Å². The number of benzene rings is 2. The second-order valence-corrected chi connectivity index (χ2v) is 9.00. The van der Waals surface area contributed by atoms with Crippen molar-refractivity contribution in [3.05, 3.63) is 95.5 Å². The number of sulfonamides is 1. The van der Waals surface area contributed by atoms with Crippen molar-refractivity contribution >= 4 is 21.4 Å². The van der Waals surface area contributed by atoms with Crippen LogP contribution >= 0.6 is 11.3 Å². The fourth-order valence-electron chi connectivity index (χ4n) is 2.89. The number of nitrogens with zero attached hydrogens (tertiary/aromatic N) is 2. The summed E-state index contributed by atoms with van der Waals surface area (Å²) in [5.41, 5.74) is 2.44. The van der Waals surface area contributed by atoms with Crippen LogP contribution < -0.4 is 4.72 Å². The minimum atomic E-state index is -3.71. The number of aromatic nitrogens is 2. The molecule has 0 amide bonds. The van der Waals surface area contributed by atoms with Crippen LogP contribution in [0.15, 0.2) is 89.3 Å². The van der Waals surface area contributed by atoms with Gasteiger partial charge in [0.25, 0.3) is 0 Å². The molecule has 0 unspecified atom stereocenters. The average Bonchev–Trinajstić information content (AvgIpc) is 3.38. The predicted octanol–water partition coefficient (Wildman–Crippen LogP) is 4.14. The zero-order chi connectivity index (χ0) is 19.4. The Morgan fingerprint density at radius 2 is 1.57 bits per heavy atom. The average molecular weight is 410 g/mol. The fourth-order valence-corrected chi connectivity index (χ4v) is 4.85. The largest absolute Gasteiger partial charge is 0.266 e. The highest BCUT2D eigenvalue weighted by molar-refractivity contribution is 7.89. The number of hydrogen-bond donors (Lipinski definition) is 1. The van der Waals surface area contributed by atoms with Crippen LogP contribution in [0.1, 0.15) is 11.1 Å². The molecule has 2 aromatic carbocycles. The Morgan fingerprint density at radius 3 is 2.21 bits per heavy atom. The van der Waals surface area contributed by atoms with E-state index >= 15 is 0 Å². The molecule has 4 rings (SSSR count). The summed E-state index contributed by atoms with van der Waals surface area (Å²) in [7, 11) is -3.71. The molecule has 2 heterocycles. The minimum Gasteiger partial charge on any atom is -0.266 e. The van der Waals surface area contributed by atoms with Crippen molar-refractivity contribution < 1.29 is 8.42 Å². The Kier molecular flexibility index (Phi) is 5.38. The number of rotatable bonds is 7. The van der Waals surface area contributed by atoms with E-state index in [2.05, 4.69) is 9.82 Å². The van der Waals surface area contributed by atoms with E-state index in [1.54, 1.807) is 10.9 Å². The van der Waals surface area contributed by atoms with Gasteiger partial charge in [0.1, 0.15) is 10.6 Å². The van der Waals surface area contributed by atoms with Gasteiger partial charge in [-0.3, -0.25) is 4.68 Å². The van der Waals surface area contributed by atoms with Gasteiger partial charge in [-0.25, -0.2) is 13.1 Å². The van der Waals surface area contributed by atoms with E-state index in [0.717, 1.165) is 16.0 Å². The van der Waals surface area contributed by atoms with E-state index < -0.39 is 10.0 Å². The normalized spacial score (nSPS) is 11.6. The van der Waals surface area contributed by atoms with Crippen molar-refractivity contribution in [3.8, 4) is 10.6 Å². The lowest BCUT2D eigenvalue weighted by Crippen LogP contribution is -2.23. The Bertz CT molecular complexity index is 1140. The first-order chi connectivity index (χ1) is 13.6. The smallest absolute Gasteiger partial charge is 0.244 e. The molecule has 0 atom stereocenters. The van der Waals surface area contributed by atoms with E-state index in [1.807, 2.05) is 78.2 Å². The Morgan fingerprint density at radius 1 is 0.893 bits per heavy atom. The monoisotopic (exact) mass is 409 g/mol. The number of hydrogen-bond acceptors (Lipinski definition) is 4. The maximum Gasteiger partial charge on any atom is 0.244 e. The van der Waals surface area contributed by atoms with E-state index in [1.165, 1.54) is 11.3 Å². The molecule has 0 radical (unpaired) electrons. The topological polar surface area (TPSA) is 64.0 Å². The second-order valence-electron chi connectivity index (χ2n) is 6.31. The van der Waals surface area contributed by atoms with Crippen LogP contribution in [0, 0.1) is 0 Å². The van der Waals surface area contributed by atoms with E-state index in [-0.39, 0.29) is 11.4 Å². The second kappa shape index (κ2) is 8.10. The molecule has 0 aliphatic rings. The molecule has 4 aromatic rings. The molecule has 0 spiro atoms. The van der Waals surface area contributed by atoms with Gasteiger partial charge in [-0.15, -0.1) is 11.3 Å². The van der Waals surface area contributed by atoms with E-state index in [0.29, 0.717) is 12.2 Å². The summed E-state index contributed by atoms with van der Waals surface area (Å²) >= 11 is 1.47. The first-order valence-corrected chi connectivity index (χ1v) is 11.2. The molecule has 2 aromatic heterocycles. The van der Waals surface area contributed by atoms with Crippen LogP contribution in [-0.2, 0) is 23.1 Å². The zero-order valence-corrected chi connectivity index (χ0v) is 16.7. The molecule has 0 fully saturated rings. The van der Waals surface area contributed by atoms with Gasteiger partial charge in [-0.2, -0.15) is 5.10 Å². The molecular formula is C21H19N3O2S2. The molecule has 0 saturated carbocycles. The van der Waals surface area contributed by atoms with Crippen LogP contribution in [0.4, 0.5) is 0 Å². The summed E-state index contributed by atoms with van der Waals surface area (Å²) in [6.45, 7) is 0.740. The number of thiophene rings is 1. The maximum atomic E-state index is 13.0. The molecule has 0 saturated heterocycles. The Labute approximate surface area is 168 Å². The van der Waals surface area contributed by atoms with Gasteiger partial charge in [0.2, 0.25) is 10.0 Å². The molecule has 0 aliphatic carbocycles. The van der Waals surface area contributed by atoms with Crippen molar-refractivity contribution in [2.24, 2.45) is 0 Å². The summed E-state index contributed by atoms with van der Waals surface area (Å²) in [6.07, 6.45) is 1.61. The van der Waals surface area contributed by atoms with Gasteiger partial charge >= 0.3 is 0 Å². The lowest BCUT2D eigenvalue weighted by atomic mass is 10.2. The van der Waals surface area contributed by atoms with Crippen molar-refractivity contribution in [2.75, 3.05) is 0 Å². The van der Waals surface area contributed by atoms with Gasteiger partial charge < -0.3 is 0 Å². The molecule has 0 bridgehead atoms. The SMILES string of the molecule is O=S(=O)(NCc1ccccc1)c1cn(Cc2ccccc2)nc1-c1cccs1. The van der Waals surface area contributed by atoms with Gasteiger partial charge in [-0.05, 0) is 22.6 Å². The zero-order valence-electron chi connectivity index (χ0n) is 15.0. The summed E-state index contributed by atoms with van der Waals surface area (Å²) in [5.74, 6) is 0. The van der Waals surface area contributed by atoms with Gasteiger partial charge in [-0.1, -0.05) is 66.7 Å². The lowest BCUT2D eigenvalue weighted by Gasteiger charge is -2.06. The van der Waals surface area contributed by atoms with Gasteiger partial charge in [0.05, 0.1) is 11.4 Å². The molecule has 28 heavy (non-hydrogen) atoms.